The van der Waals surface area contributed by atoms with Gasteiger partial charge in [-0.2, -0.15) is 0 Å². The highest BCUT2D eigenvalue weighted by atomic mass is 31.2. The van der Waals surface area contributed by atoms with Gasteiger partial charge in [-0.1, -0.05) is 331 Å². The maximum atomic E-state index is 13.1. The number of rotatable bonds is 73. The molecule has 0 spiro atoms. The van der Waals surface area contributed by atoms with Crippen LogP contribution >= 0.6 is 15.6 Å². The molecule has 0 fully saturated rings. The number of esters is 4. The van der Waals surface area contributed by atoms with Crippen molar-refractivity contribution in [2.75, 3.05) is 39.6 Å². The Kier molecular flexibility index (Phi) is 64.0. The fourth-order valence-electron chi connectivity index (χ4n) is 11.6. The summed E-state index contributed by atoms with van der Waals surface area (Å²) in [7, 11) is -9.91. The van der Waals surface area contributed by atoms with E-state index in [1.165, 1.54) is 180 Å². The molecule has 19 heteroatoms. The van der Waals surface area contributed by atoms with Crippen LogP contribution in [0.1, 0.15) is 383 Å². The van der Waals surface area contributed by atoms with Crippen LogP contribution in [0.25, 0.3) is 0 Å². The summed E-state index contributed by atoms with van der Waals surface area (Å²) in [5.41, 5.74) is 0. The van der Waals surface area contributed by atoms with Crippen LogP contribution in [-0.2, 0) is 65.4 Å². The van der Waals surface area contributed by atoms with E-state index in [1.54, 1.807) is 0 Å². The number of hydrogen-bond acceptors (Lipinski definition) is 15. The number of phosphoric acid groups is 2. The van der Waals surface area contributed by atoms with Gasteiger partial charge in [0.2, 0.25) is 0 Å². The molecule has 0 rings (SSSR count). The average molecular weight is 1400 g/mol. The monoisotopic (exact) mass is 1400 g/mol. The second-order valence-electron chi connectivity index (χ2n) is 29.3. The van der Waals surface area contributed by atoms with Gasteiger partial charge in [0, 0.05) is 25.7 Å². The number of aliphatic hydroxyl groups excluding tert-OH is 1. The molecule has 0 aromatic heterocycles. The molecule has 0 aromatic carbocycles. The van der Waals surface area contributed by atoms with Crippen LogP contribution in [0.4, 0.5) is 0 Å². The van der Waals surface area contributed by atoms with E-state index in [9.17, 15) is 43.2 Å². The standard InChI is InChI=1S/C76H148O17P2/c1-66(2)52-44-36-28-22-18-14-10-9-11-16-20-24-32-42-50-58-75(80)92-71(62-86-73(78)56-48-40-31-27-26-30-38-46-54-68(5)6)64-90-94(82,83)88-60-70(77)61-89-95(84,85)91-65-72(63-87-74(79)57-49-41-35-34-39-47-55-69(7)8)93-76(81)59-51-43-33-25-21-17-13-12-15-19-23-29-37-45-53-67(3)4/h66-72,77H,9-65H2,1-8H3,(H,82,83)(H,84,85)/t70-,71-,72-/m1/s1. The van der Waals surface area contributed by atoms with Crippen molar-refractivity contribution in [1.82, 2.24) is 0 Å². The molecule has 17 nitrogen and oxygen atoms in total. The molecule has 0 aliphatic heterocycles. The molecule has 0 amide bonds. The van der Waals surface area contributed by atoms with E-state index < -0.39 is 97.5 Å². The molecule has 5 atom stereocenters. The van der Waals surface area contributed by atoms with Gasteiger partial charge in [-0.05, 0) is 49.4 Å². The SMILES string of the molecule is CC(C)CCCCCCCCCCCCCCCCCC(=O)O[C@H](COC(=O)CCCCCCCCCCC(C)C)COP(=O)(O)OC[C@@H](O)COP(=O)(O)OC[C@@H](COC(=O)CCCCCCCCC(C)C)OC(=O)CCCCCCCCCCCCCCCCC(C)C. The van der Waals surface area contributed by atoms with E-state index in [4.69, 9.17) is 37.0 Å². The van der Waals surface area contributed by atoms with Crippen molar-refractivity contribution < 1.29 is 80.2 Å². The summed E-state index contributed by atoms with van der Waals surface area (Å²) in [5, 5.41) is 10.6. The van der Waals surface area contributed by atoms with E-state index in [1.807, 2.05) is 0 Å². The first-order chi connectivity index (χ1) is 45.6. The molecule has 0 saturated carbocycles. The first-order valence-corrected chi connectivity index (χ1v) is 42.2. The van der Waals surface area contributed by atoms with Crippen LogP contribution in [0.2, 0.25) is 0 Å². The molecule has 0 bridgehead atoms. The fourth-order valence-corrected chi connectivity index (χ4v) is 13.1. The normalized spacial score (nSPS) is 14.1. The Bertz CT molecular complexity index is 1870. The van der Waals surface area contributed by atoms with Crippen LogP contribution in [0.3, 0.4) is 0 Å². The number of phosphoric ester groups is 2. The summed E-state index contributed by atoms with van der Waals surface area (Å²) in [5.74, 6) is 0.880. The zero-order valence-electron chi connectivity index (χ0n) is 62.3. The maximum Gasteiger partial charge on any atom is 0.472 e. The van der Waals surface area contributed by atoms with Crippen LogP contribution in [0, 0.1) is 23.7 Å². The van der Waals surface area contributed by atoms with Gasteiger partial charge in [0.1, 0.15) is 19.3 Å². The number of carbonyl (C=O) groups is 4. The third-order valence-electron chi connectivity index (χ3n) is 17.6. The summed E-state index contributed by atoms with van der Waals surface area (Å²) in [4.78, 5) is 72.7. The van der Waals surface area contributed by atoms with Crippen molar-refractivity contribution in [2.45, 2.75) is 401 Å². The third kappa shape index (κ3) is 70.3. The van der Waals surface area contributed by atoms with Crippen LogP contribution in [0.15, 0.2) is 0 Å². The van der Waals surface area contributed by atoms with Gasteiger partial charge in [0.05, 0.1) is 26.4 Å². The van der Waals surface area contributed by atoms with Crippen molar-refractivity contribution in [1.29, 1.82) is 0 Å². The highest BCUT2D eigenvalue weighted by molar-refractivity contribution is 7.47. The smallest absolute Gasteiger partial charge is 0.462 e. The fraction of sp³-hybridized carbons (Fsp3) is 0.947. The summed E-state index contributed by atoms with van der Waals surface area (Å²) >= 11 is 0. The minimum atomic E-state index is -4.96. The number of carbonyl (C=O) groups excluding carboxylic acids is 4. The Labute approximate surface area is 581 Å². The second-order valence-corrected chi connectivity index (χ2v) is 32.2. The summed E-state index contributed by atoms with van der Waals surface area (Å²) < 4.78 is 68.5. The Morgan fingerprint density at radius 1 is 0.263 bits per heavy atom. The van der Waals surface area contributed by atoms with Gasteiger partial charge in [0.25, 0.3) is 0 Å². The van der Waals surface area contributed by atoms with Gasteiger partial charge in [-0.15, -0.1) is 0 Å². The largest absolute Gasteiger partial charge is 0.472 e. The molecule has 0 heterocycles. The van der Waals surface area contributed by atoms with Gasteiger partial charge in [0.15, 0.2) is 12.2 Å². The van der Waals surface area contributed by atoms with Crippen LogP contribution in [0.5, 0.6) is 0 Å². The topological polar surface area (TPSA) is 237 Å². The second kappa shape index (κ2) is 65.4. The lowest BCUT2D eigenvalue weighted by atomic mass is 10.0. The van der Waals surface area contributed by atoms with E-state index in [0.29, 0.717) is 31.6 Å². The molecule has 3 N–H and O–H groups in total. The van der Waals surface area contributed by atoms with E-state index in [0.717, 1.165) is 114 Å². The van der Waals surface area contributed by atoms with Gasteiger partial charge < -0.3 is 33.8 Å². The van der Waals surface area contributed by atoms with Gasteiger partial charge >= 0.3 is 39.5 Å². The summed E-state index contributed by atoms with van der Waals surface area (Å²) in [6, 6.07) is 0. The lowest BCUT2D eigenvalue weighted by Gasteiger charge is -2.21. The summed E-state index contributed by atoms with van der Waals surface area (Å²) in [6.45, 7) is 14.1. The molecule has 0 aromatic rings. The lowest BCUT2D eigenvalue weighted by Crippen LogP contribution is -2.30. The molecule has 0 aliphatic carbocycles. The van der Waals surface area contributed by atoms with Crippen molar-refractivity contribution in [3.63, 3.8) is 0 Å². The van der Waals surface area contributed by atoms with Crippen molar-refractivity contribution in [3.05, 3.63) is 0 Å². The molecular weight excluding hydrogens is 1250 g/mol. The van der Waals surface area contributed by atoms with E-state index in [2.05, 4.69) is 55.4 Å². The zero-order chi connectivity index (χ0) is 70.3. The van der Waals surface area contributed by atoms with Crippen molar-refractivity contribution >= 4 is 39.5 Å². The minimum Gasteiger partial charge on any atom is -0.462 e. The zero-order valence-corrected chi connectivity index (χ0v) is 64.1. The third-order valence-corrected chi connectivity index (χ3v) is 19.5. The molecule has 95 heavy (non-hydrogen) atoms. The average Bonchev–Trinajstić information content (AvgIpc) is 1.70. The molecular formula is C76H148O17P2. The highest BCUT2D eigenvalue weighted by Crippen LogP contribution is 2.45. The number of ether oxygens (including phenoxy) is 4. The molecule has 564 valence electrons. The van der Waals surface area contributed by atoms with Gasteiger partial charge in [-0.3, -0.25) is 37.3 Å². The van der Waals surface area contributed by atoms with E-state index in [-0.39, 0.29) is 25.7 Å². The number of unbranched alkanes of at least 4 members (excludes halogenated alkanes) is 39. The maximum absolute atomic E-state index is 13.1. The van der Waals surface area contributed by atoms with Crippen LogP contribution < -0.4 is 0 Å². The highest BCUT2D eigenvalue weighted by Gasteiger charge is 2.30. The Morgan fingerprint density at radius 2 is 0.442 bits per heavy atom. The van der Waals surface area contributed by atoms with Crippen molar-refractivity contribution in [3.8, 4) is 0 Å². The number of hydrogen-bond donors (Lipinski definition) is 3. The summed E-state index contributed by atoms with van der Waals surface area (Å²) in [6.07, 6.45) is 50.2. The predicted molar refractivity (Wildman–Crippen MR) is 386 cm³/mol. The first kappa shape index (κ1) is 93.1. The Morgan fingerprint density at radius 3 is 0.653 bits per heavy atom. The molecule has 0 radical (unpaired) electrons. The first-order valence-electron chi connectivity index (χ1n) is 39.2. The number of aliphatic hydroxyl groups is 1. The minimum absolute atomic E-state index is 0.106. The predicted octanol–water partition coefficient (Wildman–Crippen LogP) is 22.0. The lowest BCUT2D eigenvalue weighted by molar-refractivity contribution is -0.161. The molecule has 0 saturated heterocycles. The van der Waals surface area contributed by atoms with Crippen molar-refractivity contribution in [2.24, 2.45) is 23.7 Å². The molecule has 0 aliphatic rings. The molecule has 2 unspecified atom stereocenters. The quantitative estimate of drug-likeness (QED) is 0.0222. The Balaban J connectivity index is 5.20. The Hall–Kier alpha value is -1.94. The van der Waals surface area contributed by atoms with Crippen LogP contribution in [-0.4, -0.2) is 96.7 Å². The van der Waals surface area contributed by atoms with E-state index >= 15 is 0 Å². The van der Waals surface area contributed by atoms with Gasteiger partial charge in [-0.25, -0.2) is 9.13 Å².